The Morgan fingerprint density at radius 1 is 0.967 bits per heavy atom. The maximum Gasteiger partial charge on any atom is 0.335 e. The van der Waals surface area contributed by atoms with Crippen molar-refractivity contribution in [2.24, 2.45) is 5.10 Å². The van der Waals surface area contributed by atoms with Gasteiger partial charge in [-0.3, -0.25) is 5.43 Å². The molecule has 1 aliphatic rings. The SMILES string of the molecule is O=C(O)c1ccc(CN2NN=C(c3cccc(C#CCc4ccccc4)c3)N2)cc1. The number of benzene rings is 3. The number of hydrazone groups is 1. The Balaban J connectivity index is 1.37. The second-order valence-corrected chi connectivity index (χ2v) is 6.81. The molecule has 3 aromatic rings. The highest BCUT2D eigenvalue weighted by atomic mass is 16.4. The van der Waals surface area contributed by atoms with Crippen molar-refractivity contribution in [3.8, 4) is 11.8 Å². The summed E-state index contributed by atoms with van der Waals surface area (Å²) in [5.74, 6) is 6.18. The highest BCUT2D eigenvalue weighted by Gasteiger charge is 2.16. The van der Waals surface area contributed by atoms with Gasteiger partial charge in [0.2, 0.25) is 0 Å². The van der Waals surface area contributed by atoms with E-state index in [2.05, 4.69) is 40.0 Å². The van der Waals surface area contributed by atoms with Crippen LogP contribution in [0.15, 0.2) is 84.0 Å². The smallest absolute Gasteiger partial charge is 0.335 e. The fraction of sp³-hybridized carbons (Fsp3) is 0.0833. The molecule has 3 N–H and O–H groups in total. The molecule has 0 aromatic heterocycles. The van der Waals surface area contributed by atoms with Crippen LogP contribution in [0.3, 0.4) is 0 Å². The van der Waals surface area contributed by atoms with Crippen molar-refractivity contribution in [1.29, 1.82) is 0 Å². The van der Waals surface area contributed by atoms with Gasteiger partial charge in [0.05, 0.1) is 12.1 Å². The minimum atomic E-state index is -0.934. The van der Waals surface area contributed by atoms with Gasteiger partial charge in [0.1, 0.15) is 0 Å². The van der Waals surface area contributed by atoms with Crippen molar-refractivity contribution < 1.29 is 9.90 Å². The van der Waals surface area contributed by atoms with Gasteiger partial charge in [0, 0.05) is 17.5 Å². The number of nitrogens with one attached hydrogen (secondary N) is 2. The summed E-state index contributed by atoms with van der Waals surface area (Å²) in [7, 11) is 0. The Morgan fingerprint density at radius 3 is 2.53 bits per heavy atom. The first-order valence-corrected chi connectivity index (χ1v) is 9.50. The van der Waals surface area contributed by atoms with Gasteiger partial charge in [-0.2, -0.15) is 0 Å². The molecule has 0 bridgehead atoms. The summed E-state index contributed by atoms with van der Waals surface area (Å²) >= 11 is 0. The van der Waals surface area contributed by atoms with E-state index >= 15 is 0 Å². The summed E-state index contributed by atoms with van der Waals surface area (Å²) in [5.41, 5.74) is 10.4. The lowest BCUT2D eigenvalue weighted by atomic mass is 10.1. The second kappa shape index (κ2) is 8.95. The van der Waals surface area contributed by atoms with Crippen LogP contribution < -0.4 is 11.0 Å². The highest BCUT2D eigenvalue weighted by molar-refractivity contribution is 5.99. The van der Waals surface area contributed by atoms with Crippen molar-refractivity contribution in [3.05, 3.63) is 107 Å². The van der Waals surface area contributed by atoms with Crippen LogP contribution >= 0.6 is 0 Å². The lowest BCUT2D eigenvalue weighted by molar-refractivity contribution is 0.0697. The maximum atomic E-state index is 11.0. The lowest BCUT2D eigenvalue weighted by Crippen LogP contribution is -2.40. The van der Waals surface area contributed by atoms with Crippen molar-refractivity contribution in [3.63, 3.8) is 0 Å². The van der Waals surface area contributed by atoms with Gasteiger partial charge < -0.3 is 5.11 Å². The van der Waals surface area contributed by atoms with E-state index in [0.29, 0.717) is 18.8 Å². The summed E-state index contributed by atoms with van der Waals surface area (Å²) in [6.45, 7) is 0.517. The van der Waals surface area contributed by atoms with Crippen LogP contribution in [-0.2, 0) is 13.0 Å². The molecule has 3 aromatic carbocycles. The van der Waals surface area contributed by atoms with Gasteiger partial charge in [0.15, 0.2) is 5.84 Å². The first kappa shape index (κ1) is 19.2. The van der Waals surface area contributed by atoms with Crippen LogP contribution in [0.2, 0.25) is 0 Å². The molecule has 0 spiro atoms. The molecule has 1 heterocycles. The molecule has 0 radical (unpaired) electrons. The van der Waals surface area contributed by atoms with Crippen molar-refractivity contribution in [2.75, 3.05) is 0 Å². The number of hydrogen-bond donors (Lipinski definition) is 3. The topological polar surface area (TPSA) is 77.0 Å². The Labute approximate surface area is 174 Å². The largest absolute Gasteiger partial charge is 0.478 e. The number of hydrogen-bond acceptors (Lipinski definition) is 5. The third-order valence-electron chi connectivity index (χ3n) is 4.57. The Kier molecular flexibility index (Phi) is 5.74. The van der Waals surface area contributed by atoms with E-state index in [9.17, 15) is 4.79 Å². The standard InChI is InChI=1S/C24H20N4O2/c29-24(30)21-14-12-20(13-15-21)17-28-26-23(25-27-28)22-11-5-10-19(16-22)9-4-8-18-6-2-1-3-7-18/h1-3,5-7,10-16,27H,8,17H2,(H,25,26)(H,29,30). The van der Waals surface area contributed by atoms with Crippen molar-refractivity contribution in [2.45, 2.75) is 13.0 Å². The number of nitrogens with zero attached hydrogens (tertiary/aromatic N) is 2. The second-order valence-electron chi connectivity index (χ2n) is 6.81. The average Bonchev–Trinajstić information content (AvgIpc) is 3.24. The van der Waals surface area contributed by atoms with Gasteiger partial charge in [-0.25, -0.2) is 10.3 Å². The van der Waals surface area contributed by atoms with E-state index < -0.39 is 5.97 Å². The first-order chi connectivity index (χ1) is 14.7. The average molecular weight is 396 g/mol. The predicted molar refractivity (Wildman–Crippen MR) is 115 cm³/mol. The molecular weight excluding hydrogens is 376 g/mol. The Morgan fingerprint density at radius 2 is 1.77 bits per heavy atom. The summed E-state index contributed by atoms with van der Waals surface area (Å²) in [5, 5.41) is 15.1. The Hall–Kier alpha value is -4.08. The van der Waals surface area contributed by atoms with Gasteiger partial charge in [-0.05, 0) is 35.4 Å². The molecule has 0 saturated carbocycles. The molecule has 6 heteroatoms. The number of hydrazine groups is 2. The van der Waals surface area contributed by atoms with Gasteiger partial charge >= 0.3 is 5.97 Å². The quantitative estimate of drug-likeness (QED) is 0.578. The molecule has 0 unspecified atom stereocenters. The summed E-state index contributed by atoms with van der Waals surface area (Å²) in [4.78, 5) is 11.0. The van der Waals surface area contributed by atoms with E-state index in [4.69, 9.17) is 5.11 Å². The lowest BCUT2D eigenvalue weighted by Gasteiger charge is -2.16. The van der Waals surface area contributed by atoms with Crippen LogP contribution in [0.25, 0.3) is 0 Å². The van der Waals surface area contributed by atoms with Gasteiger partial charge in [0.25, 0.3) is 0 Å². The zero-order valence-corrected chi connectivity index (χ0v) is 16.2. The van der Waals surface area contributed by atoms with Crippen LogP contribution in [0, 0.1) is 11.8 Å². The molecule has 6 nitrogen and oxygen atoms in total. The van der Waals surface area contributed by atoms with Crippen LogP contribution in [0.5, 0.6) is 0 Å². The van der Waals surface area contributed by atoms with Gasteiger partial charge in [-0.15, -0.1) is 10.2 Å². The molecule has 0 atom stereocenters. The third kappa shape index (κ3) is 4.85. The molecule has 0 amide bonds. The van der Waals surface area contributed by atoms with Gasteiger partial charge in [-0.1, -0.05) is 66.4 Å². The molecule has 148 valence electrons. The third-order valence-corrected chi connectivity index (χ3v) is 4.57. The molecule has 0 fully saturated rings. The van der Waals surface area contributed by atoms with E-state index in [0.717, 1.165) is 16.7 Å². The monoisotopic (exact) mass is 396 g/mol. The predicted octanol–water partition coefficient (Wildman–Crippen LogP) is 3.17. The van der Waals surface area contributed by atoms with E-state index in [-0.39, 0.29) is 5.56 Å². The van der Waals surface area contributed by atoms with Crippen molar-refractivity contribution in [1.82, 2.24) is 16.1 Å². The zero-order chi connectivity index (χ0) is 20.8. The minimum absolute atomic E-state index is 0.267. The van der Waals surface area contributed by atoms with Crippen LogP contribution in [0.4, 0.5) is 0 Å². The number of amidine groups is 1. The first-order valence-electron chi connectivity index (χ1n) is 9.50. The normalized spacial score (nSPS) is 12.9. The van der Waals surface area contributed by atoms with E-state index in [1.54, 1.807) is 29.4 Å². The minimum Gasteiger partial charge on any atom is -0.478 e. The van der Waals surface area contributed by atoms with Crippen molar-refractivity contribution >= 4 is 11.8 Å². The molecule has 1 aliphatic heterocycles. The summed E-state index contributed by atoms with van der Waals surface area (Å²) in [6.07, 6.45) is 0.709. The van der Waals surface area contributed by atoms with Crippen LogP contribution in [0.1, 0.15) is 32.6 Å². The fourth-order valence-corrected chi connectivity index (χ4v) is 3.02. The molecule has 30 heavy (non-hydrogen) atoms. The zero-order valence-electron chi connectivity index (χ0n) is 16.2. The summed E-state index contributed by atoms with van der Waals surface area (Å²) < 4.78 is 0. The van der Waals surface area contributed by atoms with Crippen LogP contribution in [-0.4, -0.2) is 22.0 Å². The number of aromatic carboxylic acids is 1. The summed E-state index contributed by atoms with van der Waals surface area (Å²) in [6, 6.07) is 24.8. The van der Waals surface area contributed by atoms with E-state index in [1.165, 1.54) is 5.56 Å². The number of carboxylic acid groups (broad SMARTS) is 1. The molecular formula is C24H20N4O2. The Bertz CT molecular complexity index is 1130. The maximum absolute atomic E-state index is 11.0. The highest BCUT2D eigenvalue weighted by Crippen LogP contribution is 2.10. The number of rotatable bonds is 5. The number of carbonyl (C=O) groups is 1. The molecule has 0 aliphatic carbocycles. The van der Waals surface area contributed by atoms with E-state index in [1.807, 2.05) is 42.5 Å². The molecule has 0 saturated heterocycles. The number of carboxylic acids is 1. The fourth-order valence-electron chi connectivity index (χ4n) is 3.02. The molecule has 4 rings (SSSR count).